The van der Waals surface area contributed by atoms with Gasteiger partial charge in [-0.25, -0.2) is 31.7 Å². The number of likely N-dealkylation sites (N-methyl/N-ethyl adjacent to an activating group) is 1. The van der Waals surface area contributed by atoms with Crippen LogP contribution in [0.25, 0.3) is 32.7 Å². The van der Waals surface area contributed by atoms with Crippen molar-refractivity contribution in [2.24, 2.45) is 5.14 Å². The van der Waals surface area contributed by atoms with Crippen molar-refractivity contribution in [2.45, 2.75) is 16.0 Å². The number of nitrogens with two attached hydrogens (primary N) is 2. The topological polar surface area (TPSA) is 240 Å². The number of benzene rings is 2. The zero-order valence-electron chi connectivity index (χ0n) is 22.0. The van der Waals surface area contributed by atoms with Crippen molar-refractivity contribution in [3.63, 3.8) is 0 Å². The molecule has 2 heterocycles. The lowest BCUT2D eigenvalue weighted by Gasteiger charge is -2.24. The van der Waals surface area contributed by atoms with Gasteiger partial charge < -0.3 is 20.1 Å². The number of aromatic nitrogens is 5. The molecule has 0 atom stereocenters. The molecule has 0 unspecified atom stereocenters. The third kappa shape index (κ3) is 7.74. The van der Waals surface area contributed by atoms with Gasteiger partial charge in [-0.3, -0.25) is 0 Å². The van der Waals surface area contributed by atoms with E-state index in [9.17, 15) is 30.0 Å². The first-order chi connectivity index (χ1) is 19.2. The molecule has 0 aliphatic heterocycles. The summed E-state index contributed by atoms with van der Waals surface area (Å²) in [7, 11) is -3.17. The summed E-state index contributed by atoms with van der Waals surface area (Å²) in [5, 5.41) is 28.3. The van der Waals surface area contributed by atoms with Crippen LogP contribution in [0.5, 0.6) is 0 Å². The van der Waals surface area contributed by atoms with Gasteiger partial charge in [-0.05, 0) is 22.9 Å². The van der Waals surface area contributed by atoms with Gasteiger partial charge >= 0.3 is 6.18 Å². The molecule has 0 saturated carbocycles. The Morgan fingerprint density at radius 1 is 1.12 bits per heavy atom. The van der Waals surface area contributed by atoms with Gasteiger partial charge in [0.2, 0.25) is 25.9 Å². The SMILES string of the molecule is C[N+](C)(C)CCNS(=O)(=O)c1ccc(-c2cccc3sc(N)nc23)c(-c2nn[nH]n2)c1S(N)(=O)=O.O=C([O-])C(F)(F)F. The molecular formula is C21H24F3N9O6S3. The molecule has 15 nitrogen and oxygen atoms in total. The van der Waals surface area contributed by atoms with Crippen molar-refractivity contribution in [3.8, 4) is 22.5 Å². The second kappa shape index (κ2) is 11.9. The molecule has 228 valence electrons. The minimum absolute atomic E-state index is 0.0760. The second-order valence-corrected chi connectivity index (χ2v) is 13.8. The number of para-hydroxylation sites is 1. The predicted molar refractivity (Wildman–Crippen MR) is 143 cm³/mol. The normalized spacial score (nSPS) is 12.6. The van der Waals surface area contributed by atoms with Crippen LogP contribution < -0.4 is 20.7 Å². The van der Waals surface area contributed by atoms with Crippen LogP contribution in [-0.4, -0.2) is 93.3 Å². The number of aromatic amines is 1. The molecule has 21 heteroatoms. The molecule has 0 amide bonds. The lowest BCUT2D eigenvalue weighted by Crippen LogP contribution is -2.42. The van der Waals surface area contributed by atoms with Crippen LogP contribution >= 0.6 is 11.3 Å². The molecule has 0 aliphatic carbocycles. The van der Waals surface area contributed by atoms with E-state index in [0.717, 1.165) is 4.70 Å². The zero-order valence-corrected chi connectivity index (χ0v) is 24.4. The summed E-state index contributed by atoms with van der Waals surface area (Å²) in [5.74, 6) is -3.15. The number of rotatable bonds is 8. The van der Waals surface area contributed by atoms with E-state index in [4.69, 9.17) is 20.8 Å². The van der Waals surface area contributed by atoms with E-state index in [1.807, 2.05) is 27.2 Å². The number of carboxylic acids is 1. The molecular weight excluding hydrogens is 627 g/mol. The Balaban J connectivity index is 0.000000616. The number of carbonyl (C=O) groups excluding carboxylic acids is 1. The number of anilines is 1. The Labute approximate surface area is 241 Å². The molecule has 6 N–H and O–H groups in total. The number of H-pyrrole nitrogens is 1. The summed E-state index contributed by atoms with van der Waals surface area (Å²) in [6, 6.07) is 7.95. The second-order valence-electron chi connectivity index (χ2n) is 9.50. The summed E-state index contributed by atoms with van der Waals surface area (Å²) in [4.78, 5) is 12.0. The number of thiazole rings is 1. The fourth-order valence-corrected chi connectivity index (χ4v) is 6.93. The Kier molecular flexibility index (Phi) is 9.24. The number of carboxylic acid groups (broad SMARTS) is 1. The van der Waals surface area contributed by atoms with Gasteiger partial charge in [0.15, 0.2) is 5.13 Å². The fourth-order valence-electron chi connectivity index (χ4n) is 3.55. The van der Waals surface area contributed by atoms with Crippen molar-refractivity contribution >= 4 is 52.7 Å². The maximum atomic E-state index is 13.2. The summed E-state index contributed by atoms with van der Waals surface area (Å²) in [6.07, 6.45) is -5.19. The minimum atomic E-state index is -5.19. The summed E-state index contributed by atoms with van der Waals surface area (Å²) in [5.41, 5.74) is 7.09. The molecule has 0 spiro atoms. The first kappa shape index (κ1) is 32.8. The fraction of sp³-hybridized carbons (Fsp3) is 0.286. The lowest BCUT2D eigenvalue weighted by molar-refractivity contribution is -0.869. The number of nitrogens with one attached hydrogen (secondary N) is 2. The van der Waals surface area contributed by atoms with E-state index >= 15 is 0 Å². The Morgan fingerprint density at radius 3 is 2.29 bits per heavy atom. The quantitative estimate of drug-likeness (QED) is 0.180. The predicted octanol–water partition coefficient (Wildman–Crippen LogP) is -0.344. The summed E-state index contributed by atoms with van der Waals surface area (Å²) < 4.78 is 87.5. The van der Waals surface area contributed by atoms with Gasteiger partial charge in [-0.1, -0.05) is 29.5 Å². The minimum Gasteiger partial charge on any atom is -0.542 e. The van der Waals surface area contributed by atoms with Crippen molar-refractivity contribution in [2.75, 3.05) is 40.0 Å². The van der Waals surface area contributed by atoms with Crippen LogP contribution in [0.1, 0.15) is 0 Å². The van der Waals surface area contributed by atoms with Gasteiger partial charge in [-0.2, -0.15) is 18.4 Å². The van der Waals surface area contributed by atoms with Gasteiger partial charge in [0.1, 0.15) is 15.8 Å². The number of primary sulfonamides is 1. The first-order valence-corrected chi connectivity index (χ1v) is 15.2. The number of hydrogen-bond acceptors (Lipinski definition) is 12. The van der Waals surface area contributed by atoms with E-state index in [-0.39, 0.29) is 17.9 Å². The molecule has 0 aliphatic rings. The van der Waals surface area contributed by atoms with Crippen LogP contribution in [0, 0.1) is 0 Å². The molecule has 42 heavy (non-hydrogen) atoms. The lowest BCUT2D eigenvalue weighted by atomic mass is 9.98. The Morgan fingerprint density at radius 2 is 1.76 bits per heavy atom. The van der Waals surface area contributed by atoms with E-state index in [2.05, 4.69) is 30.3 Å². The van der Waals surface area contributed by atoms with Crippen molar-refractivity contribution < 1.29 is 44.4 Å². The molecule has 0 fully saturated rings. The number of fused-ring (bicyclic) bond motifs is 1. The number of nitrogens with zero attached hydrogens (tertiary/aromatic N) is 5. The number of carbonyl (C=O) groups is 1. The van der Waals surface area contributed by atoms with E-state index in [1.165, 1.54) is 23.5 Å². The van der Waals surface area contributed by atoms with Crippen molar-refractivity contribution in [1.82, 2.24) is 30.3 Å². The highest BCUT2D eigenvalue weighted by Gasteiger charge is 2.33. The average molecular weight is 652 g/mol. The first-order valence-electron chi connectivity index (χ1n) is 11.4. The van der Waals surface area contributed by atoms with Gasteiger partial charge in [0, 0.05) is 5.56 Å². The van der Waals surface area contributed by atoms with Gasteiger partial charge in [0.25, 0.3) is 0 Å². The number of sulfonamides is 2. The molecule has 4 rings (SSSR count). The summed E-state index contributed by atoms with van der Waals surface area (Å²) in [6.45, 7) is 0.541. The molecule has 0 bridgehead atoms. The number of halogens is 3. The zero-order chi connectivity index (χ0) is 31.7. The van der Waals surface area contributed by atoms with Gasteiger partial charge in [-0.15, -0.1) is 10.2 Å². The number of tetrazole rings is 1. The highest BCUT2D eigenvalue weighted by molar-refractivity contribution is 7.92. The highest BCUT2D eigenvalue weighted by Crippen LogP contribution is 2.41. The largest absolute Gasteiger partial charge is 0.542 e. The smallest absolute Gasteiger partial charge is 0.430 e. The van der Waals surface area contributed by atoms with Crippen molar-refractivity contribution in [3.05, 3.63) is 30.3 Å². The summed E-state index contributed by atoms with van der Waals surface area (Å²) >= 11 is 1.26. The number of nitrogen functional groups attached to an aromatic ring is 1. The molecule has 0 saturated heterocycles. The number of quaternary nitrogens is 1. The highest BCUT2D eigenvalue weighted by atomic mass is 32.2. The third-order valence-corrected chi connectivity index (χ3v) is 8.77. The van der Waals surface area contributed by atoms with Gasteiger partial charge in [0.05, 0.1) is 50.0 Å². The van der Waals surface area contributed by atoms with E-state index in [0.29, 0.717) is 32.8 Å². The molecule has 2 aromatic carbocycles. The Hall–Kier alpha value is -3.76. The van der Waals surface area contributed by atoms with Crippen LogP contribution in [-0.2, 0) is 24.8 Å². The Bertz CT molecular complexity index is 1820. The number of hydrogen-bond donors (Lipinski definition) is 4. The van der Waals surface area contributed by atoms with Crippen LogP contribution in [0.3, 0.4) is 0 Å². The molecule has 0 radical (unpaired) electrons. The van der Waals surface area contributed by atoms with Crippen LogP contribution in [0.4, 0.5) is 18.3 Å². The van der Waals surface area contributed by atoms with Crippen LogP contribution in [0.15, 0.2) is 40.1 Å². The monoisotopic (exact) mass is 651 g/mol. The molecule has 4 aromatic rings. The number of aliphatic carboxylic acids is 1. The van der Waals surface area contributed by atoms with E-state index in [1.54, 1.807) is 12.1 Å². The standard InChI is InChI=1S/C19H24N9O4S3.C2HF3O2/c1-28(2,3)10-9-22-35(31,32)14-8-7-11(12-5-4-6-13-16(12)23-19(20)33-13)15(17(14)34(21,29)30)18-24-26-27-25-18;3-2(4,5)1(6)7/h4-8,22H,9-10H2,1-3H3,(H2,20,23)(H2,21,29,30)(H,24,25,26,27);(H,6,7)/q+1;/p-1. The molecule has 2 aromatic heterocycles. The van der Waals surface area contributed by atoms with Crippen molar-refractivity contribution in [1.29, 1.82) is 0 Å². The average Bonchev–Trinajstić information content (AvgIpc) is 3.50. The third-order valence-electron chi connectivity index (χ3n) is 5.30. The van der Waals surface area contributed by atoms with E-state index < -0.39 is 42.0 Å². The maximum absolute atomic E-state index is 13.2. The maximum Gasteiger partial charge on any atom is 0.430 e. The number of alkyl halides is 3. The van der Waals surface area contributed by atoms with Crippen LogP contribution in [0.2, 0.25) is 0 Å².